The van der Waals surface area contributed by atoms with E-state index in [1.165, 1.54) is 82.3 Å². The quantitative estimate of drug-likeness (QED) is 0.170. The molecule has 0 spiro atoms. The fraction of sp³-hybridized carbons (Fsp3) is 0. The van der Waals surface area contributed by atoms with Crippen LogP contribution < -0.4 is 0 Å². The lowest BCUT2D eigenvalue weighted by Gasteiger charge is -2.18. The number of fused-ring (bicyclic) bond motifs is 5. The minimum absolute atomic E-state index is 1.12. The lowest BCUT2D eigenvalue weighted by Crippen LogP contribution is -1.94. The number of hydrogen-bond acceptors (Lipinski definition) is 1. The van der Waals surface area contributed by atoms with E-state index < -0.39 is 0 Å². The first kappa shape index (κ1) is 29.2. The minimum atomic E-state index is 1.12. The predicted octanol–water partition coefficient (Wildman–Crippen LogP) is 13.2. The number of nitrogens with zero attached hydrogens (tertiary/aromatic N) is 2. The van der Waals surface area contributed by atoms with Gasteiger partial charge in [0.2, 0.25) is 0 Å². The van der Waals surface area contributed by atoms with Gasteiger partial charge < -0.3 is 4.57 Å². The van der Waals surface area contributed by atoms with Crippen LogP contribution in [0.5, 0.6) is 0 Å². The molecule has 2 aromatic heterocycles. The molecule has 51 heavy (non-hydrogen) atoms. The Morgan fingerprint density at radius 1 is 0.314 bits per heavy atom. The van der Waals surface area contributed by atoms with Gasteiger partial charge in [-0.3, -0.25) is 4.98 Å². The molecule has 0 radical (unpaired) electrons. The summed E-state index contributed by atoms with van der Waals surface area (Å²) < 4.78 is 2.31. The molecule has 2 heterocycles. The molecule has 8 aromatic carbocycles. The zero-order chi connectivity index (χ0) is 33.7. The highest BCUT2D eigenvalue weighted by molar-refractivity contribution is 6.22. The van der Waals surface area contributed by atoms with E-state index in [1.54, 1.807) is 0 Å². The molecule has 0 aliphatic heterocycles. The third-order valence-electron chi connectivity index (χ3n) is 10.3. The molecule has 0 saturated heterocycles. The second-order valence-corrected chi connectivity index (χ2v) is 13.2. The van der Waals surface area contributed by atoms with E-state index in [9.17, 15) is 0 Å². The van der Waals surface area contributed by atoms with E-state index in [0.29, 0.717) is 0 Å². The highest BCUT2D eigenvalue weighted by atomic mass is 15.0. The Hall–Kier alpha value is -6.77. The zero-order valence-electron chi connectivity index (χ0n) is 27.9. The molecule has 0 fully saturated rings. The molecule has 2 nitrogen and oxygen atoms in total. The second-order valence-electron chi connectivity index (χ2n) is 13.2. The van der Waals surface area contributed by atoms with Crippen molar-refractivity contribution in [1.29, 1.82) is 0 Å². The summed E-state index contributed by atoms with van der Waals surface area (Å²) in [5.41, 5.74) is 13.2. The summed E-state index contributed by atoms with van der Waals surface area (Å²) in [6.45, 7) is 0. The topological polar surface area (TPSA) is 17.8 Å². The van der Waals surface area contributed by atoms with Crippen LogP contribution >= 0.6 is 0 Å². The van der Waals surface area contributed by atoms with Crippen molar-refractivity contribution in [2.24, 2.45) is 0 Å². The maximum absolute atomic E-state index is 4.44. The third kappa shape index (κ3) is 4.84. The number of benzene rings is 8. The van der Waals surface area contributed by atoms with Crippen molar-refractivity contribution in [3.63, 3.8) is 0 Å². The molecule has 0 N–H and O–H groups in total. The molecule has 0 amide bonds. The number of para-hydroxylation sites is 1. The Bertz CT molecular complexity index is 2810. The van der Waals surface area contributed by atoms with Gasteiger partial charge in [-0.05, 0) is 96.4 Å². The normalized spacial score (nSPS) is 11.5. The van der Waals surface area contributed by atoms with Crippen molar-refractivity contribution in [2.75, 3.05) is 0 Å². The van der Waals surface area contributed by atoms with Gasteiger partial charge in [-0.2, -0.15) is 0 Å². The molecule has 10 rings (SSSR count). The van der Waals surface area contributed by atoms with Crippen LogP contribution in [0, 0.1) is 0 Å². The maximum Gasteiger partial charge on any atom is 0.0724 e. The van der Waals surface area contributed by atoms with Crippen molar-refractivity contribution in [3.05, 3.63) is 194 Å². The summed E-state index contributed by atoms with van der Waals surface area (Å²) in [5, 5.41) is 7.52. The zero-order valence-corrected chi connectivity index (χ0v) is 27.9. The molecule has 238 valence electrons. The van der Waals surface area contributed by atoms with Crippen LogP contribution in [0.3, 0.4) is 0 Å². The summed E-state index contributed by atoms with van der Waals surface area (Å²) in [6, 6.07) is 66.0. The highest BCUT2D eigenvalue weighted by Gasteiger charge is 2.17. The van der Waals surface area contributed by atoms with Crippen molar-refractivity contribution < 1.29 is 0 Å². The molecule has 0 atom stereocenters. The van der Waals surface area contributed by atoms with Crippen LogP contribution in [-0.4, -0.2) is 9.55 Å². The van der Waals surface area contributed by atoms with Crippen molar-refractivity contribution in [1.82, 2.24) is 9.55 Å². The molecule has 0 aliphatic rings. The van der Waals surface area contributed by atoms with Crippen molar-refractivity contribution in [2.45, 2.75) is 0 Å². The van der Waals surface area contributed by atoms with Gasteiger partial charge in [-0.1, -0.05) is 152 Å². The first-order chi connectivity index (χ1) is 25.3. The van der Waals surface area contributed by atoms with Gasteiger partial charge in [0.25, 0.3) is 0 Å². The molecule has 0 unspecified atom stereocenters. The van der Waals surface area contributed by atoms with Crippen molar-refractivity contribution >= 4 is 43.4 Å². The van der Waals surface area contributed by atoms with Gasteiger partial charge >= 0.3 is 0 Å². The predicted molar refractivity (Wildman–Crippen MR) is 215 cm³/mol. The number of aromatic nitrogens is 2. The Kier molecular flexibility index (Phi) is 6.85. The lowest BCUT2D eigenvalue weighted by molar-refractivity contribution is 1.17. The van der Waals surface area contributed by atoms with Crippen molar-refractivity contribution in [3.8, 4) is 50.2 Å². The Balaban J connectivity index is 1.06. The van der Waals surface area contributed by atoms with Crippen LogP contribution in [0.15, 0.2) is 194 Å². The smallest absolute Gasteiger partial charge is 0.0724 e. The SMILES string of the molecule is c1ccc(-c2c3ccccc3c(-c3ccccc3)c3cc(-c4ccc(-c5ccc(-n6c7ccccc7c7ccncc76)cc5)cc4)ccc23)cc1. The number of rotatable bonds is 5. The van der Waals surface area contributed by atoms with E-state index in [4.69, 9.17) is 0 Å². The third-order valence-corrected chi connectivity index (χ3v) is 10.3. The first-order valence-corrected chi connectivity index (χ1v) is 17.5. The summed E-state index contributed by atoms with van der Waals surface area (Å²) >= 11 is 0. The molecular formula is C49H32N2. The van der Waals surface area contributed by atoms with E-state index in [-0.39, 0.29) is 0 Å². The monoisotopic (exact) mass is 648 g/mol. The van der Waals surface area contributed by atoms with Crippen LogP contribution in [0.2, 0.25) is 0 Å². The summed E-state index contributed by atoms with van der Waals surface area (Å²) in [6.07, 6.45) is 3.83. The Morgan fingerprint density at radius 3 is 1.43 bits per heavy atom. The van der Waals surface area contributed by atoms with Gasteiger partial charge in [0.05, 0.1) is 17.2 Å². The molecule has 2 heteroatoms. The Labute approximate surface area is 296 Å². The van der Waals surface area contributed by atoms with Gasteiger partial charge in [0.15, 0.2) is 0 Å². The van der Waals surface area contributed by atoms with E-state index in [0.717, 1.165) is 11.2 Å². The summed E-state index contributed by atoms with van der Waals surface area (Å²) in [7, 11) is 0. The van der Waals surface area contributed by atoms with Crippen LogP contribution in [0.4, 0.5) is 0 Å². The average molecular weight is 649 g/mol. The van der Waals surface area contributed by atoms with Crippen LogP contribution in [0.25, 0.3) is 93.5 Å². The fourth-order valence-corrected chi connectivity index (χ4v) is 7.94. The van der Waals surface area contributed by atoms with Crippen LogP contribution in [-0.2, 0) is 0 Å². The average Bonchev–Trinajstić information content (AvgIpc) is 3.55. The van der Waals surface area contributed by atoms with Gasteiger partial charge in [0.1, 0.15) is 0 Å². The van der Waals surface area contributed by atoms with Crippen LogP contribution in [0.1, 0.15) is 0 Å². The van der Waals surface area contributed by atoms with E-state index >= 15 is 0 Å². The summed E-state index contributed by atoms with van der Waals surface area (Å²) in [4.78, 5) is 4.44. The molecule has 0 bridgehead atoms. The van der Waals surface area contributed by atoms with Gasteiger partial charge in [0, 0.05) is 22.7 Å². The fourth-order valence-electron chi connectivity index (χ4n) is 7.94. The second kappa shape index (κ2) is 12.0. The molecule has 10 aromatic rings. The lowest BCUT2D eigenvalue weighted by atomic mass is 9.85. The van der Waals surface area contributed by atoms with Gasteiger partial charge in [-0.25, -0.2) is 0 Å². The molecule has 0 aliphatic carbocycles. The largest absolute Gasteiger partial charge is 0.308 e. The molecule has 0 saturated carbocycles. The Morgan fingerprint density at radius 2 is 0.784 bits per heavy atom. The maximum atomic E-state index is 4.44. The summed E-state index contributed by atoms with van der Waals surface area (Å²) in [5.74, 6) is 0. The molecular weight excluding hydrogens is 617 g/mol. The minimum Gasteiger partial charge on any atom is -0.308 e. The van der Waals surface area contributed by atoms with Gasteiger partial charge in [-0.15, -0.1) is 0 Å². The van der Waals surface area contributed by atoms with E-state index in [1.807, 2.05) is 12.4 Å². The standard InChI is InChI=1S/C49H32N2/c1-3-11-36(12-4-1)48-42-16-7-8-17-43(42)49(37-13-5-2-6-14-37)45-31-38(25-28-44(45)48)35-21-19-33(20-22-35)34-23-26-39(27-24-34)51-46-18-10-9-15-40(46)41-29-30-50-32-47(41)51/h1-32H. The highest BCUT2D eigenvalue weighted by Crippen LogP contribution is 2.45. The number of pyridine rings is 1. The number of hydrogen-bond donors (Lipinski definition) is 0. The van der Waals surface area contributed by atoms with E-state index in [2.05, 4.69) is 192 Å². The first-order valence-electron chi connectivity index (χ1n) is 17.5.